The van der Waals surface area contributed by atoms with Crippen LogP contribution in [0.1, 0.15) is 5.56 Å². The predicted molar refractivity (Wildman–Crippen MR) is 81.6 cm³/mol. The average Bonchev–Trinajstić information content (AvgIpc) is 2.39. The number of rotatable bonds is 4. The van der Waals surface area contributed by atoms with Gasteiger partial charge in [0.15, 0.2) is 0 Å². The molecule has 2 aromatic rings. The maximum atomic E-state index is 5.67. The van der Waals surface area contributed by atoms with Crippen LogP contribution in [0.3, 0.4) is 0 Å². The quantitative estimate of drug-likeness (QED) is 0.663. The third kappa shape index (κ3) is 3.00. The second-order valence-electron chi connectivity index (χ2n) is 3.62. The zero-order valence-electron chi connectivity index (χ0n) is 9.88. The molecule has 3 N–H and O–H groups in total. The van der Waals surface area contributed by atoms with Gasteiger partial charge in [-0.2, -0.15) is 0 Å². The van der Waals surface area contributed by atoms with Gasteiger partial charge in [0.05, 0.1) is 5.56 Å². The molecule has 0 spiro atoms. The van der Waals surface area contributed by atoms with E-state index in [4.69, 9.17) is 18.0 Å². The largest absolute Gasteiger partial charge is 0.389 e. The minimum atomic E-state index is 0.339. The van der Waals surface area contributed by atoms with E-state index in [1.807, 2.05) is 30.5 Å². The van der Waals surface area contributed by atoms with Gasteiger partial charge in [0.1, 0.15) is 10.8 Å². The molecule has 92 valence electrons. The van der Waals surface area contributed by atoms with Crippen LogP contribution in [-0.2, 0) is 0 Å². The van der Waals surface area contributed by atoms with Gasteiger partial charge in [-0.05, 0) is 36.6 Å². The van der Waals surface area contributed by atoms with Crippen molar-refractivity contribution in [2.45, 2.75) is 4.90 Å². The number of thiocarbonyl (C=S) groups is 1. The summed E-state index contributed by atoms with van der Waals surface area (Å²) in [5, 5.41) is 3.24. The normalized spacial score (nSPS) is 10.1. The van der Waals surface area contributed by atoms with Crippen LogP contribution in [0.2, 0.25) is 0 Å². The van der Waals surface area contributed by atoms with Gasteiger partial charge in [0.25, 0.3) is 0 Å². The lowest BCUT2D eigenvalue weighted by Crippen LogP contribution is -2.12. The third-order valence-corrected chi connectivity index (χ3v) is 3.35. The van der Waals surface area contributed by atoms with E-state index in [2.05, 4.69) is 22.4 Å². The second-order valence-corrected chi connectivity index (χ2v) is 4.94. The Balaban J connectivity index is 2.31. The summed E-state index contributed by atoms with van der Waals surface area (Å²) in [6, 6.07) is 11.8. The third-order valence-electron chi connectivity index (χ3n) is 2.41. The highest BCUT2D eigenvalue weighted by Gasteiger charge is 2.06. The molecule has 0 aliphatic carbocycles. The van der Waals surface area contributed by atoms with Gasteiger partial charge in [-0.15, -0.1) is 11.8 Å². The summed E-state index contributed by atoms with van der Waals surface area (Å²) in [6.45, 7) is 0. The number of hydrogen-bond acceptors (Lipinski definition) is 4. The topological polar surface area (TPSA) is 50.9 Å². The summed E-state index contributed by atoms with van der Waals surface area (Å²) < 4.78 is 0. The highest BCUT2D eigenvalue weighted by Crippen LogP contribution is 2.23. The number of thioether (sulfide) groups is 1. The summed E-state index contributed by atoms with van der Waals surface area (Å²) in [6.07, 6.45) is 3.75. The summed E-state index contributed by atoms with van der Waals surface area (Å²) in [4.78, 5) is 5.79. The molecular formula is C13H13N3S2. The first kappa shape index (κ1) is 12.9. The molecular weight excluding hydrogens is 262 g/mol. The van der Waals surface area contributed by atoms with Crippen molar-refractivity contribution in [3.8, 4) is 0 Å². The lowest BCUT2D eigenvalue weighted by Gasteiger charge is -2.10. The van der Waals surface area contributed by atoms with Gasteiger partial charge < -0.3 is 11.1 Å². The van der Waals surface area contributed by atoms with Crippen molar-refractivity contribution < 1.29 is 0 Å². The molecule has 0 fully saturated rings. The first-order valence-electron chi connectivity index (χ1n) is 5.36. The number of pyridine rings is 1. The lowest BCUT2D eigenvalue weighted by molar-refractivity contribution is 1.29. The van der Waals surface area contributed by atoms with E-state index in [9.17, 15) is 0 Å². The summed E-state index contributed by atoms with van der Waals surface area (Å²) in [5.41, 5.74) is 7.39. The van der Waals surface area contributed by atoms with Crippen LogP contribution >= 0.6 is 24.0 Å². The molecule has 1 aromatic carbocycles. The van der Waals surface area contributed by atoms with Crippen LogP contribution in [0, 0.1) is 0 Å². The summed E-state index contributed by atoms with van der Waals surface area (Å²) in [5.74, 6) is 0.684. The molecule has 18 heavy (non-hydrogen) atoms. The number of anilines is 2. The molecule has 2 rings (SSSR count). The fourth-order valence-electron chi connectivity index (χ4n) is 1.54. The Kier molecular flexibility index (Phi) is 4.17. The number of hydrogen-bond donors (Lipinski definition) is 2. The van der Waals surface area contributed by atoms with E-state index in [0.29, 0.717) is 10.8 Å². The number of nitrogens with zero attached hydrogens (tertiary/aromatic N) is 1. The summed E-state index contributed by atoms with van der Waals surface area (Å²) in [7, 11) is 0. The minimum Gasteiger partial charge on any atom is -0.389 e. The number of nitrogens with two attached hydrogens (primary N) is 1. The van der Waals surface area contributed by atoms with Gasteiger partial charge in [0.2, 0.25) is 0 Å². The standard InChI is InChI=1S/C13H13N3S2/c1-18-10-5-2-4-9(8-10)16-13-11(12(14)17)6-3-7-15-13/h2-8H,1H3,(H2,14,17)(H,15,16). The first-order chi connectivity index (χ1) is 8.70. The molecule has 3 nitrogen and oxygen atoms in total. The number of nitrogens with one attached hydrogen (secondary N) is 1. The molecule has 0 unspecified atom stereocenters. The zero-order valence-corrected chi connectivity index (χ0v) is 11.5. The SMILES string of the molecule is CSc1cccc(Nc2ncccc2C(N)=S)c1. The Labute approximate surface area is 116 Å². The van der Waals surface area contributed by atoms with Crippen molar-refractivity contribution in [3.63, 3.8) is 0 Å². The molecule has 0 saturated heterocycles. The molecule has 0 saturated carbocycles. The maximum absolute atomic E-state index is 5.67. The Morgan fingerprint density at radius 1 is 1.33 bits per heavy atom. The van der Waals surface area contributed by atoms with Gasteiger partial charge in [-0.3, -0.25) is 0 Å². The second kappa shape index (κ2) is 5.84. The lowest BCUT2D eigenvalue weighted by atomic mass is 10.2. The Morgan fingerprint density at radius 3 is 2.89 bits per heavy atom. The highest BCUT2D eigenvalue weighted by molar-refractivity contribution is 7.98. The molecule has 0 amide bonds. The number of benzene rings is 1. The molecule has 1 aromatic heterocycles. The first-order valence-corrected chi connectivity index (χ1v) is 7.00. The van der Waals surface area contributed by atoms with Gasteiger partial charge >= 0.3 is 0 Å². The molecule has 5 heteroatoms. The number of aromatic nitrogens is 1. The van der Waals surface area contributed by atoms with Crippen LogP contribution in [0.15, 0.2) is 47.5 Å². The van der Waals surface area contributed by atoms with Crippen molar-refractivity contribution >= 4 is 40.5 Å². The molecule has 0 radical (unpaired) electrons. The highest BCUT2D eigenvalue weighted by atomic mass is 32.2. The van der Waals surface area contributed by atoms with E-state index in [-0.39, 0.29) is 0 Å². The van der Waals surface area contributed by atoms with E-state index in [1.54, 1.807) is 18.0 Å². The van der Waals surface area contributed by atoms with Gasteiger partial charge in [0, 0.05) is 16.8 Å². The van der Waals surface area contributed by atoms with Crippen LogP contribution in [0.25, 0.3) is 0 Å². The molecule has 0 aliphatic rings. The van der Waals surface area contributed by atoms with E-state index in [0.717, 1.165) is 11.3 Å². The van der Waals surface area contributed by atoms with E-state index >= 15 is 0 Å². The fraction of sp³-hybridized carbons (Fsp3) is 0.0769. The fourth-order valence-corrected chi connectivity index (χ4v) is 2.17. The molecule has 0 aliphatic heterocycles. The molecule has 0 bridgehead atoms. The minimum absolute atomic E-state index is 0.339. The monoisotopic (exact) mass is 275 g/mol. The van der Waals surface area contributed by atoms with Crippen molar-refractivity contribution in [1.29, 1.82) is 0 Å². The van der Waals surface area contributed by atoms with E-state index in [1.165, 1.54) is 4.90 Å². The van der Waals surface area contributed by atoms with Crippen LogP contribution in [0.4, 0.5) is 11.5 Å². The predicted octanol–water partition coefficient (Wildman–Crippen LogP) is 3.18. The Hall–Kier alpha value is -1.59. The smallest absolute Gasteiger partial charge is 0.140 e. The summed E-state index contributed by atoms with van der Waals surface area (Å²) >= 11 is 6.70. The molecule has 1 heterocycles. The van der Waals surface area contributed by atoms with Crippen molar-refractivity contribution in [2.24, 2.45) is 5.73 Å². The molecule has 0 atom stereocenters. The van der Waals surface area contributed by atoms with Crippen molar-refractivity contribution in [1.82, 2.24) is 4.98 Å². The van der Waals surface area contributed by atoms with Crippen LogP contribution in [0.5, 0.6) is 0 Å². The zero-order chi connectivity index (χ0) is 13.0. The van der Waals surface area contributed by atoms with Crippen molar-refractivity contribution in [3.05, 3.63) is 48.2 Å². The van der Waals surface area contributed by atoms with Gasteiger partial charge in [-0.1, -0.05) is 18.3 Å². The Bertz CT molecular complexity index is 570. The van der Waals surface area contributed by atoms with Crippen LogP contribution in [-0.4, -0.2) is 16.2 Å². The van der Waals surface area contributed by atoms with Crippen molar-refractivity contribution in [2.75, 3.05) is 11.6 Å². The Morgan fingerprint density at radius 2 is 2.17 bits per heavy atom. The van der Waals surface area contributed by atoms with Gasteiger partial charge in [-0.25, -0.2) is 4.98 Å². The maximum Gasteiger partial charge on any atom is 0.140 e. The van der Waals surface area contributed by atoms with E-state index < -0.39 is 0 Å². The average molecular weight is 275 g/mol. The van der Waals surface area contributed by atoms with Crippen LogP contribution < -0.4 is 11.1 Å².